The van der Waals surface area contributed by atoms with E-state index in [0.29, 0.717) is 29.3 Å². The number of halogens is 4. The van der Waals surface area contributed by atoms with Gasteiger partial charge in [0.15, 0.2) is 29.6 Å². The van der Waals surface area contributed by atoms with E-state index in [1.54, 1.807) is 0 Å². The number of anilines is 1. The zero-order chi connectivity index (χ0) is 30.0. The number of amides is 1. The molecule has 16 heteroatoms. The number of hydrogen-bond donors (Lipinski definition) is 2. The molecule has 1 amide bonds. The summed E-state index contributed by atoms with van der Waals surface area (Å²) in [5.74, 6) is -2.44. The monoisotopic (exact) mass is 658 g/mol. The number of nitrogens with two attached hydrogens (primary N) is 1. The molecule has 1 aliphatic carbocycles. The number of fused-ring (bicyclic) bond motifs is 1. The lowest BCUT2D eigenvalue weighted by Gasteiger charge is -2.23. The first-order valence-corrected chi connectivity index (χ1v) is 13.6. The molecule has 1 atom stereocenters. The van der Waals surface area contributed by atoms with Crippen molar-refractivity contribution < 1.29 is 64.0 Å². The maximum Gasteiger partial charge on any atom is 0.387 e. The molecule has 7 N–H and O–H groups in total. The number of ketones is 1. The number of ether oxygens (including phenoxy) is 3. The molecule has 0 unspecified atom stereocenters. The van der Waals surface area contributed by atoms with Crippen LogP contribution >= 0.6 is 23.2 Å². The number of rotatable bonds is 12. The van der Waals surface area contributed by atoms with Crippen molar-refractivity contribution in [2.45, 2.75) is 32.0 Å². The molecular weight excluding hydrogens is 631 g/mol. The number of H-pyrrole nitrogens is 1. The molecule has 44 heavy (non-hydrogen) atoms. The lowest BCUT2D eigenvalue weighted by Crippen LogP contribution is -2.73. The highest BCUT2D eigenvalue weighted by molar-refractivity contribution is 6.52. The van der Waals surface area contributed by atoms with E-state index in [1.165, 1.54) is 48.8 Å². The molecular formula is C28H28Cl2F2N3O9+. The minimum atomic E-state index is -3.08. The number of benzene rings is 2. The lowest BCUT2D eigenvalue weighted by molar-refractivity contribution is -0.825. The van der Waals surface area contributed by atoms with Gasteiger partial charge in [0.1, 0.15) is 22.7 Å². The third kappa shape index (κ3) is 7.77. The van der Waals surface area contributed by atoms with Gasteiger partial charge in [-0.25, -0.2) is 10.2 Å². The molecule has 1 aromatic heterocycles. The maximum absolute atomic E-state index is 13.2. The second-order valence-corrected chi connectivity index (χ2v) is 10.6. The Hall–Kier alpha value is -3.92. The zero-order valence-corrected chi connectivity index (χ0v) is 24.3. The van der Waals surface area contributed by atoms with Gasteiger partial charge in [0.05, 0.1) is 17.9 Å². The maximum atomic E-state index is 13.2. The summed E-state index contributed by atoms with van der Waals surface area (Å²) < 4.78 is 42.4. The summed E-state index contributed by atoms with van der Waals surface area (Å²) in [7, 11) is 0. The Bertz CT molecular complexity index is 1520. The SMILES string of the molecule is O.O=C(CN1C(=O)C(=O)c2cc([NH2+]O)ccc21)O[C@@H](Cc1c(Cl)c[nH+]cc1Cl)c1ccc(OC(F)F)c(OCC2CC2)c1.[OH-]. The molecule has 0 bridgehead atoms. The summed E-state index contributed by atoms with van der Waals surface area (Å²) in [6.07, 6.45) is 3.84. The lowest BCUT2D eigenvalue weighted by atomic mass is 10.0. The Labute approximate surface area is 259 Å². The zero-order valence-electron chi connectivity index (χ0n) is 22.8. The smallest absolute Gasteiger partial charge is 0.387 e. The fraction of sp³-hybridized carbons (Fsp3) is 0.286. The van der Waals surface area contributed by atoms with Crippen molar-refractivity contribution in [3.8, 4) is 11.5 Å². The number of hydrogen-bond acceptors (Lipinski definition) is 8. The number of aromatic nitrogens is 1. The number of carbonyl (C=O) groups excluding carboxylic acids is 3. The second-order valence-electron chi connectivity index (χ2n) is 9.78. The van der Waals surface area contributed by atoms with Crippen LogP contribution in [0, 0.1) is 5.92 Å². The van der Waals surface area contributed by atoms with Gasteiger partial charge in [-0.2, -0.15) is 14.3 Å². The number of nitrogens with one attached hydrogen (secondary N) is 1. The number of quaternary nitrogens is 1. The first kappa shape index (κ1) is 34.6. The predicted octanol–water partition coefficient (Wildman–Crippen LogP) is 2.84. The van der Waals surface area contributed by atoms with E-state index in [9.17, 15) is 28.4 Å². The molecule has 1 saturated carbocycles. The van der Waals surface area contributed by atoms with Gasteiger partial charge in [-0.1, -0.05) is 29.3 Å². The highest BCUT2D eigenvalue weighted by Gasteiger charge is 2.38. The minimum Gasteiger partial charge on any atom is -0.870 e. The molecule has 5 rings (SSSR count). The fourth-order valence-electron chi connectivity index (χ4n) is 4.49. The van der Waals surface area contributed by atoms with Gasteiger partial charge >= 0.3 is 12.6 Å². The van der Waals surface area contributed by atoms with E-state index >= 15 is 0 Å². The van der Waals surface area contributed by atoms with Crippen molar-refractivity contribution in [2.24, 2.45) is 5.92 Å². The summed E-state index contributed by atoms with van der Waals surface area (Å²) in [6, 6.07) is 8.45. The van der Waals surface area contributed by atoms with Crippen LogP contribution in [0.3, 0.4) is 0 Å². The van der Waals surface area contributed by atoms with E-state index < -0.39 is 36.9 Å². The first-order chi connectivity index (χ1) is 20.1. The van der Waals surface area contributed by atoms with E-state index in [0.717, 1.165) is 23.2 Å². The summed E-state index contributed by atoms with van der Waals surface area (Å²) in [4.78, 5) is 42.3. The summed E-state index contributed by atoms with van der Waals surface area (Å²) in [5, 5.41) is 9.78. The molecule has 3 aromatic rings. The Morgan fingerprint density at radius 1 is 1.09 bits per heavy atom. The Balaban J connectivity index is 0.00000264. The average Bonchev–Trinajstić information content (AvgIpc) is 3.76. The number of Topliss-reactive ketones (excluding diaryl/α,β-unsaturated/α-hetero) is 1. The highest BCUT2D eigenvalue weighted by Crippen LogP contribution is 2.38. The summed E-state index contributed by atoms with van der Waals surface area (Å²) in [5.41, 5.74) is 2.14. The first-order valence-electron chi connectivity index (χ1n) is 12.9. The van der Waals surface area contributed by atoms with Crippen LogP contribution < -0.4 is 24.8 Å². The van der Waals surface area contributed by atoms with Gasteiger partial charge in [-0.3, -0.25) is 19.3 Å². The number of pyridine rings is 1. The van der Waals surface area contributed by atoms with Crippen molar-refractivity contribution in [3.63, 3.8) is 0 Å². The average molecular weight is 659 g/mol. The molecule has 2 aliphatic rings. The number of alkyl halides is 2. The Kier molecular flexibility index (Phi) is 11.6. The number of esters is 1. The molecule has 2 heterocycles. The van der Waals surface area contributed by atoms with E-state index in [1.807, 2.05) is 0 Å². The number of carbonyl (C=O) groups is 3. The van der Waals surface area contributed by atoms with Crippen LogP contribution in [-0.4, -0.2) is 53.6 Å². The van der Waals surface area contributed by atoms with Crippen LogP contribution in [0.15, 0.2) is 48.8 Å². The van der Waals surface area contributed by atoms with Crippen molar-refractivity contribution in [3.05, 3.63) is 75.5 Å². The van der Waals surface area contributed by atoms with Crippen molar-refractivity contribution >= 4 is 52.2 Å². The Morgan fingerprint density at radius 3 is 2.43 bits per heavy atom. The van der Waals surface area contributed by atoms with Crippen molar-refractivity contribution in [1.29, 1.82) is 0 Å². The van der Waals surface area contributed by atoms with Crippen LogP contribution in [0.2, 0.25) is 10.0 Å². The van der Waals surface area contributed by atoms with Gasteiger partial charge in [0, 0.05) is 24.1 Å². The van der Waals surface area contributed by atoms with Crippen LogP contribution in [0.5, 0.6) is 11.5 Å². The van der Waals surface area contributed by atoms with Crippen LogP contribution in [0.4, 0.5) is 20.2 Å². The molecule has 12 nitrogen and oxygen atoms in total. The molecule has 0 saturated heterocycles. The topological polar surface area (TPSA) is 195 Å². The van der Waals surface area contributed by atoms with E-state index in [2.05, 4.69) is 9.72 Å². The Morgan fingerprint density at radius 2 is 1.80 bits per heavy atom. The third-order valence-corrected chi connectivity index (χ3v) is 7.49. The quantitative estimate of drug-likeness (QED) is 0.128. The van der Waals surface area contributed by atoms with Gasteiger partial charge in [-0.05, 0) is 42.5 Å². The van der Waals surface area contributed by atoms with E-state index in [-0.39, 0.29) is 50.2 Å². The largest absolute Gasteiger partial charge is 0.870 e. The molecule has 2 aromatic carbocycles. The van der Waals surface area contributed by atoms with Crippen LogP contribution in [0.25, 0.3) is 0 Å². The molecule has 1 aliphatic heterocycles. The fourth-order valence-corrected chi connectivity index (χ4v) is 5.02. The van der Waals surface area contributed by atoms with E-state index in [4.69, 9.17) is 32.7 Å². The van der Waals surface area contributed by atoms with Gasteiger partial charge < -0.3 is 25.2 Å². The van der Waals surface area contributed by atoms with Gasteiger partial charge in [0.2, 0.25) is 0 Å². The van der Waals surface area contributed by atoms with Crippen molar-refractivity contribution in [1.82, 2.24) is 0 Å². The standard InChI is InChI=1S/C28H23Cl2F2N3O7.2H2O/c29-19-10-33-11-20(30)17(19)9-23(15-3-6-22(42-28(31)32)24(7-15)40-13-14-1-2-14)41-25(36)12-35-21-5-4-16(34-39)8-18(21)26(37)27(35)38;;/h3-8,10-11,14,23,28,34,39H,1-2,9,12-13H2;2*1H2/p+1/t23-;;/m0../s1. The number of nitrogens with zero attached hydrogens (tertiary/aromatic N) is 1. The summed E-state index contributed by atoms with van der Waals surface area (Å²) in [6.45, 7) is -3.38. The third-order valence-electron chi connectivity index (χ3n) is 6.82. The molecule has 0 radical (unpaired) electrons. The highest BCUT2D eigenvalue weighted by atomic mass is 35.5. The normalized spacial score (nSPS) is 14.5. The molecule has 1 fully saturated rings. The van der Waals surface area contributed by atoms with Gasteiger partial charge in [0.25, 0.3) is 11.7 Å². The molecule has 236 valence electrons. The molecule has 0 spiro atoms. The van der Waals surface area contributed by atoms with Crippen LogP contribution in [0.1, 0.15) is 40.4 Å². The predicted molar refractivity (Wildman–Crippen MR) is 149 cm³/mol. The summed E-state index contributed by atoms with van der Waals surface area (Å²) >= 11 is 12.7. The van der Waals surface area contributed by atoms with Gasteiger partial charge in [-0.15, -0.1) is 0 Å². The van der Waals surface area contributed by atoms with Crippen molar-refractivity contribution in [2.75, 3.05) is 18.1 Å². The van der Waals surface area contributed by atoms with Crippen LogP contribution in [-0.2, 0) is 20.7 Å². The number of aromatic amines is 1. The second kappa shape index (κ2) is 14.7. The minimum absolute atomic E-state index is 0.